The lowest BCUT2D eigenvalue weighted by Crippen LogP contribution is -2.26. The van der Waals surface area contributed by atoms with E-state index in [1.807, 2.05) is 4.90 Å². The van der Waals surface area contributed by atoms with Gasteiger partial charge in [-0.15, -0.1) is 0 Å². The van der Waals surface area contributed by atoms with Crippen LogP contribution in [0.2, 0.25) is 0 Å². The molecule has 0 aromatic heterocycles. The average Bonchev–Trinajstić information content (AvgIpc) is 2.18. The molecule has 0 amide bonds. The van der Waals surface area contributed by atoms with Crippen molar-refractivity contribution in [2.75, 3.05) is 23.7 Å². The number of halogens is 1. The minimum absolute atomic E-state index is 0.225. The van der Waals surface area contributed by atoms with Crippen LogP contribution in [0.4, 0.5) is 15.8 Å². The molecule has 1 aromatic carbocycles. The topological polar surface area (TPSA) is 29.3 Å². The summed E-state index contributed by atoms with van der Waals surface area (Å²) in [6, 6.07) is 4.85. The monoisotopic (exact) mass is 210 g/mol. The number of nitrogen functional groups attached to an aromatic ring is 1. The molecule has 3 heteroatoms. The summed E-state index contributed by atoms with van der Waals surface area (Å²) in [5, 5.41) is 0. The van der Waals surface area contributed by atoms with Gasteiger partial charge in [-0.05, 0) is 25.0 Å². The Kier molecular flexibility index (Phi) is 4.40. The van der Waals surface area contributed by atoms with Gasteiger partial charge >= 0.3 is 0 Å². The molecule has 0 fully saturated rings. The van der Waals surface area contributed by atoms with Crippen molar-refractivity contribution in [1.29, 1.82) is 0 Å². The maximum atomic E-state index is 13.6. The third-order valence-electron chi connectivity index (χ3n) is 2.32. The van der Waals surface area contributed by atoms with Gasteiger partial charge in [-0.1, -0.05) is 19.9 Å². The molecule has 0 aliphatic heterocycles. The quantitative estimate of drug-likeness (QED) is 0.757. The van der Waals surface area contributed by atoms with Crippen molar-refractivity contribution in [3.8, 4) is 0 Å². The van der Waals surface area contributed by atoms with E-state index in [9.17, 15) is 4.39 Å². The van der Waals surface area contributed by atoms with Crippen LogP contribution in [0.1, 0.15) is 26.7 Å². The third kappa shape index (κ3) is 2.85. The molecule has 0 bridgehead atoms. The highest BCUT2D eigenvalue weighted by Crippen LogP contribution is 2.26. The molecule has 0 atom stereocenters. The van der Waals surface area contributed by atoms with Crippen molar-refractivity contribution in [1.82, 2.24) is 0 Å². The zero-order valence-electron chi connectivity index (χ0n) is 9.46. The van der Waals surface area contributed by atoms with Crippen LogP contribution in [0.3, 0.4) is 0 Å². The fourth-order valence-corrected chi connectivity index (χ4v) is 1.74. The van der Waals surface area contributed by atoms with Gasteiger partial charge in [-0.2, -0.15) is 0 Å². The van der Waals surface area contributed by atoms with Crippen LogP contribution in [0.15, 0.2) is 18.2 Å². The number of rotatable bonds is 5. The Morgan fingerprint density at radius 1 is 1.20 bits per heavy atom. The summed E-state index contributed by atoms with van der Waals surface area (Å²) in [5.41, 5.74) is 6.88. The summed E-state index contributed by atoms with van der Waals surface area (Å²) >= 11 is 0. The summed E-state index contributed by atoms with van der Waals surface area (Å²) in [4.78, 5) is 2.02. The summed E-state index contributed by atoms with van der Waals surface area (Å²) in [7, 11) is 0. The predicted octanol–water partition coefficient (Wildman–Crippen LogP) is 3.03. The molecular weight excluding hydrogens is 191 g/mol. The molecule has 2 nitrogen and oxygen atoms in total. The van der Waals surface area contributed by atoms with Gasteiger partial charge in [0.25, 0.3) is 0 Å². The Balaban J connectivity index is 2.98. The molecule has 84 valence electrons. The molecule has 0 saturated carbocycles. The van der Waals surface area contributed by atoms with Gasteiger partial charge in [0.15, 0.2) is 0 Å². The average molecular weight is 210 g/mol. The maximum Gasteiger partial charge on any atom is 0.148 e. The number of nitrogens with two attached hydrogens (primary N) is 1. The van der Waals surface area contributed by atoms with Gasteiger partial charge in [0.2, 0.25) is 0 Å². The van der Waals surface area contributed by atoms with Crippen LogP contribution in [0.25, 0.3) is 0 Å². The van der Waals surface area contributed by atoms with E-state index in [0.717, 1.165) is 25.9 Å². The first-order valence-corrected chi connectivity index (χ1v) is 5.49. The maximum absolute atomic E-state index is 13.6. The van der Waals surface area contributed by atoms with Crippen LogP contribution in [-0.2, 0) is 0 Å². The molecule has 0 radical (unpaired) electrons. The molecule has 15 heavy (non-hydrogen) atoms. The molecule has 0 spiro atoms. The third-order valence-corrected chi connectivity index (χ3v) is 2.32. The highest BCUT2D eigenvalue weighted by atomic mass is 19.1. The molecule has 0 aliphatic carbocycles. The molecule has 0 aliphatic rings. The minimum atomic E-state index is -0.225. The van der Waals surface area contributed by atoms with Gasteiger partial charge < -0.3 is 10.6 Å². The molecule has 0 saturated heterocycles. The number of anilines is 2. The van der Waals surface area contributed by atoms with Crippen molar-refractivity contribution in [3.05, 3.63) is 24.0 Å². The zero-order valence-corrected chi connectivity index (χ0v) is 9.46. The number of nitrogens with zero attached hydrogens (tertiary/aromatic N) is 1. The first kappa shape index (κ1) is 11.8. The van der Waals surface area contributed by atoms with Crippen molar-refractivity contribution in [2.45, 2.75) is 26.7 Å². The first-order valence-electron chi connectivity index (χ1n) is 5.49. The largest absolute Gasteiger partial charge is 0.397 e. The molecule has 2 N–H and O–H groups in total. The Labute approximate surface area is 90.9 Å². The van der Waals surface area contributed by atoms with Crippen LogP contribution < -0.4 is 10.6 Å². The highest BCUT2D eigenvalue weighted by Gasteiger charge is 2.12. The van der Waals surface area contributed by atoms with E-state index in [4.69, 9.17) is 5.73 Å². The Morgan fingerprint density at radius 2 is 1.80 bits per heavy atom. The van der Waals surface area contributed by atoms with Crippen molar-refractivity contribution >= 4 is 11.4 Å². The molecule has 1 aromatic rings. The zero-order chi connectivity index (χ0) is 11.3. The summed E-state index contributed by atoms with van der Waals surface area (Å²) in [6.45, 7) is 5.86. The predicted molar refractivity (Wildman–Crippen MR) is 63.6 cm³/mol. The Morgan fingerprint density at radius 3 is 2.27 bits per heavy atom. The highest BCUT2D eigenvalue weighted by molar-refractivity contribution is 5.68. The normalized spacial score (nSPS) is 10.3. The molecular formula is C12H19FN2. The number of hydrogen-bond donors (Lipinski definition) is 1. The SMILES string of the molecule is CCCN(CCC)c1c(N)cccc1F. The van der Waals surface area contributed by atoms with Gasteiger partial charge in [0.1, 0.15) is 5.82 Å². The van der Waals surface area contributed by atoms with E-state index in [2.05, 4.69) is 13.8 Å². The van der Waals surface area contributed by atoms with Crippen LogP contribution in [0.5, 0.6) is 0 Å². The summed E-state index contributed by atoms with van der Waals surface area (Å²) in [6.07, 6.45) is 1.99. The van der Waals surface area contributed by atoms with Gasteiger partial charge in [-0.25, -0.2) is 4.39 Å². The van der Waals surface area contributed by atoms with E-state index in [1.165, 1.54) is 6.07 Å². The second-order valence-electron chi connectivity index (χ2n) is 3.66. The van der Waals surface area contributed by atoms with Crippen LogP contribution >= 0.6 is 0 Å². The molecule has 1 rings (SSSR count). The lowest BCUT2D eigenvalue weighted by atomic mass is 10.2. The van der Waals surface area contributed by atoms with Crippen LogP contribution in [-0.4, -0.2) is 13.1 Å². The Hall–Kier alpha value is -1.25. The standard InChI is InChI=1S/C12H19FN2/c1-3-8-15(9-4-2)12-10(13)6-5-7-11(12)14/h5-7H,3-4,8-9,14H2,1-2H3. The van der Waals surface area contributed by atoms with Crippen molar-refractivity contribution < 1.29 is 4.39 Å². The lowest BCUT2D eigenvalue weighted by molar-refractivity contribution is 0.614. The van der Waals surface area contributed by atoms with Crippen molar-refractivity contribution in [2.24, 2.45) is 0 Å². The van der Waals surface area contributed by atoms with Gasteiger partial charge in [0.05, 0.1) is 11.4 Å². The fraction of sp³-hybridized carbons (Fsp3) is 0.500. The molecule has 0 unspecified atom stereocenters. The summed E-state index contributed by atoms with van der Waals surface area (Å²) in [5.74, 6) is -0.225. The van der Waals surface area contributed by atoms with E-state index < -0.39 is 0 Å². The molecule has 0 heterocycles. The lowest BCUT2D eigenvalue weighted by Gasteiger charge is -2.25. The number of para-hydroxylation sites is 1. The first-order chi connectivity index (χ1) is 7.20. The second kappa shape index (κ2) is 5.59. The van der Waals surface area contributed by atoms with Crippen LogP contribution in [0, 0.1) is 5.82 Å². The van der Waals surface area contributed by atoms with E-state index in [0.29, 0.717) is 11.4 Å². The Bertz CT molecular complexity index is 286. The number of benzene rings is 1. The second-order valence-corrected chi connectivity index (χ2v) is 3.66. The van der Waals surface area contributed by atoms with E-state index in [-0.39, 0.29) is 5.82 Å². The minimum Gasteiger partial charge on any atom is -0.397 e. The van der Waals surface area contributed by atoms with Gasteiger partial charge in [-0.3, -0.25) is 0 Å². The van der Waals surface area contributed by atoms with Gasteiger partial charge in [0, 0.05) is 13.1 Å². The van der Waals surface area contributed by atoms with Crippen molar-refractivity contribution in [3.63, 3.8) is 0 Å². The summed E-state index contributed by atoms with van der Waals surface area (Å²) < 4.78 is 13.6. The number of hydrogen-bond acceptors (Lipinski definition) is 2. The van der Waals surface area contributed by atoms with E-state index in [1.54, 1.807) is 12.1 Å². The fourth-order valence-electron chi connectivity index (χ4n) is 1.74. The van der Waals surface area contributed by atoms with E-state index >= 15 is 0 Å². The smallest absolute Gasteiger partial charge is 0.148 e.